The Morgan fingerprint density at radius 3 is 2.53 bits per heavy atom. The van der Waals surface area contributed by atoms with Crippen molar-refractivity contribution in [1.29, 1.82) is 0 Å². The van der Waals surface area contributed by atoms with E-state index >= 15 is 0 Å². The van der Waals surface area contributed by atoms with Gasteiger partial charge in [-0.3, -0.25) is 0 Å². The lowest BCUT2D eigenvalue weighted by atomic mass is 10.0. The molecule has 1 heterocycles. The first-order chi connectivity index (χ1) is 9.19. The summed E-state index contributed by atoms with van der Waals surface area (Å²) in [7, 11) is 0. The molecular formula is C16H23N3. The molecule has 0 atom stereocenters. The van der Waals surface area contributed by atoms with Gasteiger partial charge in [-0.2, -0.15) is 5.10 Å². The molecule has 1 aromatic heterocycles. The summed E-state index contributed by atoms with van der Waals surface area (Å²) in [4.78, 5) is 0. The van der Waals surface area contributed by atoms with Gasteiger partial charge in [0.2, 0.25) is 0 Å². The average molecular weight is 257 g/mol. The molecule has 0 aliphatic heterocycles. The zero-order valence-electron chi connectivity index (χ0n) is 12.1. The third-order valence-electron chi connectivity index (χ3n) is 3.54. The standard InChI is InChI=1S/C16H23N3/c1-4-14-11-15(5-2)19(18-14)16-7-6-13(8-9-17)12(3)10-16/h6-7,10-11H,4-5,8-9,17H2,1-3H3. The van der Waals surface area contributed by atoms with Crippen LogP contribution in [0.25, 0.3) is 5.69 Å². The minimum Gasteiger partial charge on any atom is -0.330 e. The average Bonchev–Trinajstić information content (AvgIpc) is 2.84. The molecule has 3 nitrogen and oxygen atoms in total. The van der Waals surface area contributed by atoms with Crippen LogP contribution < -0.4 is 5.73 Å². The maximum absolute atomic E-state index is 5.63. The number of benzene rings is 1. The van der Waals surface area contributed by atoms with Crippen molar-refractivity contribution in [3.05, 3.63) is 46.8 Å². The Kier molecular flexibility index (Phi) is 4.38. The maximum Gasteiger partial charge on any atom is 0.0651 e. The molecule has 0 aliphatic rings. The van der Waals surface area contributed by atoms with Gasteiger partial charge in [-0.25, -0.2) is 4.68 Å². The van der Waals surface area contributed by atoms with E-state index in [1.165, 1.54) is 16.8 Å². The van der Waals surface area contributed by atoms with Gasteiger partial charge in [0.1, 0.15) is 0 Å². The molecule has 0 amide bonds. The predicted molar refractivity (Wildman–Crippen MR) is 79.8 cm³/mol. The van der Waals surface area contributed by atoms with Crippen LogP contribution in [0.3, 0.4) is 0 Å². The fraction of sp³-hybridized carbons (Fsp3) is 0.438. The van der Waals surface area contributed by atoms with Gasteiger partial charge in [0.15, 0.2) is 0 Å². The van der Waals surface area contributed by atoms with Crippen LogP contribution in [-0.2, 0) is 19.3 Å². The summed E-state index contributed by atoms with van der Waals surface area (Å²) in [6.45, 7) is 7.15. The largest absolute Gasteiger partial charge is 0.330 e. The van der Waals surface area contributed by atoms with Crippen LogP contribution >= 0.6 is 0 Å². The van der Waals surface area contributed by atoms with Gasteiger partial charge in [0.25, 0.3) is 0 Å². The number of aryl methyl sites for hydroxylation is 3. The SMILES string of the molecule is CCc1cc(CC)n(-c2ccc(CCN)c(C)c2)n1. The fourth-order valence-corrected chi connectivity index (χ4v) is 2.37. The molecule has 0 aliphatic carbocycles. The van der Waals surface area contributed by atoms with E-state index < -0.39 is 0 Å². The number of rotatable bonds is 5. The Morgan fingerprint density at radius 2 is 1.95 bits per heavy atom. The van der Waals surface area contributed by atoms with Gasteiger partial charge in [0.05, 0.1) is 11.4 Å². The highest BCUT2D eigenvalue weighted by Crippen LogP contribution is 2.18. The van der Waals surface area contributed by atoms with Crippen LogP contribution in [0.2, 0.25) is 0 Å². The topological polar surface area (TPSA) is 43.8 Å². The third-order valence-corrected chi connectivity index (χ3v) is 3.54. The highest BCUT2D eigenvalue weighted by atomic mass is 15.3. The normalized spacial score (nSPS) is 10.9. The summed E-state index contributed by atoms with van der Waals surface area (Å²) >= 11 is 0. The summed E-state index contributed by atoms with van der Waals surface area (Å²) < 4.78 is 2.07. The minimum absolute atomic E-state index is 0.697. The lowest BCUT2D eigenvalue weighted by molar-refractivity contribution is 0.792. The smallest absolute Gasteiger partial charge is 0.0651 e. The molecular weight excluding hydrogens is 234 g/mol. The van der Waals surface area contributed by atoms with Crippen LogP contribution in [-0.4, -0.2) is 16.3 Å². The first-order valence-corrected chi connectivity index (χ1v) is 7.07. The van der Waals surface area contributed by atoms with E-state index in [-0.39, 0.29) is 0 Å². The molecule has 19 heavy (non-hydrogen) atoms. The van der Waals surface area contributed by atoms with Gasteiger partial charge < -0.3 is 5.73 Å². The molecule has 0 saturated heterocycles. The lowest BCUT2D eigenvalue weighted by Crippen LogP contribution is -2.06. The molecule has 2 N–H and O–H groups in total. The summed E-state index contributed by atoms with van der Waals surface area (Å²) in [6.07, 6.45) is 2.91. The summed E-state index contributed by atoms with van der Waals surface area (Å²) in [5, 5.41) is 4.68. The Hall–Kier alpha value is -1.61. The zero-order chi connectivity index (χ0) is 13.8. The van der Waals surface area contributed by atoms with Crippen molar-refractivity contribution in [3.8, 4) is 5.69 Å². The van der Waals surface area contributed by atoms with E-state index in [0.29, 0.717) is 6.54 Å². The van der Waals surface area contributed by atoms with Crippen molar-refractivity contribution < 1.29 is 0 Å². The van der Waals surface area contributed by atoms with Crippen molar-refractivity contribution in [1.82, 2.24) is 9.78 Å². The van der Waals surface area contributed by atoms with E-state index in [4.69, 9.17) is 5.73 Å². The Labute approximate surface area is 115 Å². The molecule has 3 heteroatoms. The number of hydrogen-bond donors (Lipinski definition) is 1. The van der Waals surface area contributed by atoms with E-state index in [1.807, 2.05) is 0 Å². The predicted octanol–water partition coefficient (Wildman–Crippen LogP) is 2.81. The minimum atomic E-state index is 0.697. The second kappa shape index (κ2) is 6.02. The number of aromatic nitrogens is 2. The molecule has 0 saturated carbocycles. The lowest BCUT2D eigenvalue weighted by Gasteiger charge is -2.10. The molecule has 0 bridgehead atoms. The van der Waals surface area contributed by atoms with E-state index in [2.05, 4.69) is 54.8 Å². The fourth-order valence-electron chi connectivity index (χ4n) is 2.37. The molecule has 0 radical (unpaired) electrons. The van der Waals surface area contributed by atoms with E-state index in [0.717, 1.165) is 30.6 Å². The van der Waals surface area contributed by atoms with Gasteiger partial charge in [-0.1, -0.05) is 19.9 Å². The Balaban J connectivity index is 2.41. The van der Waals surface area contributed by atoms with Crippen molar-refractivity contribution in [2.45, 2.75) is 40.0 Å². The van der Waals surface area contributed by atoms with Gasteiger partial charge in [0, 0.05) is 5.69 Å². The van der Waals surface area contributed by atoms with Crippen molar-refractivity contribution >= 4 is 0 Å². The first-order valence-electron chi connectivity index (χ1n) is 7.07. The van der Waals surface area contributed by atoms with Crippen molar-refractivity contribution in [2.75, 3.05) is 6.54 Å². The van der Waals surface area contributed by atoms with Crippen molar-refractivity contribution in [2.24, 2.45) is 5.73 Å². The van der Waals surface area contributed by atoms with Crippen LogP contribution in [0.5, 0.6) is 0 Å². The molecule has 1 aromatic carbocycles. The summed E-state index contributed by atoms with van der Waals surface area (Å²) in [5.74, 6) is 0. The Morgan fingerprint density at radius 1 is 1.16 bits per heavy atom. The van der Waals surface area contributed by atoms with E-state index in [9.17, 15) is 0 Å². The molecule has 102 valence electrons. The molecule has 2 rings (SSSR count). The first kappa shape index (κ1) is 13.8. The number of nitrogens with two attached hydrogens (primary N) is 1. The number of hydrogen-bond acceptors (Lipinski definition) is 2. The highest BCUT2D eigenvalue weighted by molar-refractivity contribution is 5.41. The zero-order valence-corrected chi connectivity index (χ0v) is 12.1. The quantitative estimate of drug-likeness (QED) is 0.895. The summed E-state index contributed by atoms with van der Waals surface area (Å²) in [6, 6.07) is 8.72. The van der Waals surface area contributed by atoms with Gasteiger partial charge in [-0.05, 0) is 62.1 Å². The Bertz CT molecular complexity index is 555. The summed E-state index contributed by atoms with van der Waals surface area (Å²) in [5.41, 5.74) is 11.8. The molecule has 0 fully saturated rings. The third kappa shape index (κ3) is 2.87. The second-order valence-electron chi connectivity index (χ2n) is 4.90. The van der Waals surface area contributed by atoms with E-state index in [1.54, 1.807) is 0 Å². The second-order valence-corrected chi connectivity index (χ2v) is 4.90. The monoisotopic (exact) mass is 257 g/mol. The van der Waals surface area contributed by atoms with Crippen LogP contribution in [0.15, 0.2) is 24.3 Å². The highest BCUT2D eigenvalue weighted by Gasteiger charge is 2.08. The van der Waals surface area contributed by atoms with Crippen LogP contribution in [0.1, 0.15) is 36.4 Å². The van der Waals surface area contributed by atoms with Crippen molar-refractivity contribution in [3.63, 3.8) is 0 Å². The van der Waals surface area contributed by atoms with Gasteiger partial charge in [-0.15, -0.1) is 0 Å². The maximum atomic E-state index is 5.63. The van der Waals surface area contributed by atoms with Crippen LogP contribution in [0, 0.1) is 6.92 Å². The molecule has 0 spiro atoms. The molecule has 0 unspecified atom stereocenters. The van der Waals surface area contributed by atoms with Gasteiger partial charge >= 0.3 is 0 Å². The van der Waals surface area contributed by atoms with Crippen LogP contribution in [0.4, 0.5) is 0 Å². The number of nitrogens with zero attached hydrogens (tertiary/aromatic N) is 2. The molecule has 2 aromatic rings.